The second-order valence-electron chi connectivity index (χ2n) is 7.16. The van der Waals surface area contributed by atoms with Gasteiger partial charge in [0.15, 0.2) is 9.84 Å². The Labute approximate surface area is 142 Å². The molecule has 2 heterocycles. The van der Waals surface area contributed by atoms with Crippen LogP contribution in [0.25, 0.3) is 0 Å². The van der Waals surface area contributed by atoms with E-state index in [4.69, 9.17) is 4.74 Å². The van der Waals surface area contributed by atoms with Crippen LogP contribution in [-0.2, 0) is 19.4 Å². The van der Waals surface area contributed by atoms with Crippen molar-refractivity contribution in [3.05, 3.63) is 30.3 Å². The Balaban J connectivity index is 1.48. The van der Waals surface area contributed by atoms with E-state index in [9.17, 15) is 13.2 Å². The van der Waals surface area contributed by atoms with Crippen molar-refractivity contribution in [1.82, 2.24) is 4.90 Å². The highest BCUT2D eigenvalue weighted by molar-refractivity contribution is 7.92. The van der Waals surface area contributed by atoms with Crippen LogP contribution < -0.4 is 0 Å². The number of fused-ring (bicyclic) bond motifs is 2. The van der Waals surface area contributed by atoms with Crippen LogP contribution in [0, 0.1) is 5.92 Å². The summed E-state index contributed by atoms with van der Waals surface area (Å²) in [7, 11) is -3.34. The second-order valence-corrected chi connectivity index (χ2v) is 9.39. The van der Waals surface area contributed by atoms with Gasteiger partial charge in [0.25, 0.3) is 0 Å². The highest BCUT2D eigenvalue weighted by Crippen LogP contribution is 2.38. The first-order chi connectivity index (χ1) is 11.6. The minimum absolute atomic E-state index is 0.150. The van der Waals surface area contributed by atoms with Gasteiger partial charge in [-0.15, -0.1) is 0 Å². The van der Waals surface area contributed by atoms with Crippen LogP contribution in [0.5, 0.6) is 0 Å². The SMILES string of the molecule is O=C([C@@H]1CC[C@@H](S(=O)(=O)c2ccccc2)C1)N1[C@@H]2CC[C@H]1COC2. The monoisotopic (exact) mass is 349 g/mol. The quantitative estimate of drug-likeness (QED) is 0.837. The largest absolute Gasteiger partial charge is 0.377 e. The zero-order chi connectivity index (χ0) is 16.7. The average molecular weight is 349 g/mol. The van der Waals surface area contributed by atoms with Crippen LogP contribution >= 0.6 is 0 Å². The highest BCUT2D eigenvalue weighted by atomic mass is 32.2. The molecule has 4 rings (SSSR count). The summed E-state index contributed by atoms with van der Waals surface area (Å²) in [5.41, 5.74) is 0. The number of carbonyl (C=O) groups excluding carboxylic acids is 1. The van der Waals surface area contributed by atoms with Gasteiger partial charge in [0.1, 0.15) is 0 Å². The third-order valence-corrected chi connectivity index (χ3v) is 7.97. The molecule has 0 radical (unpaired) electrons. The molecule has 3 aliphatic rings. The predicted octanol–water partition coefficient (Wildman–Crippen LogP) is 2.02. The van der Waals surface area contributed by atoms with Crippen LogP contribution in [0.3, 0.4) is 0 Å². The van der Waals surface area contributed by atoms with Crippen LogP contribution in [-0.4, -0.2) is 49.8 Å². The summed E-state index contributed by atoms with van der Waals surface area (Å²) in [4.78, 5) is 15.3. The van der Waals surface area contributed by atoms with E-state index in [0.717, 1.165) is 12.8 Å². The Bertz CT molecular complexity index is 702. The van der Waals surface area contributed by atoms with E-state index >= 15 is 0 Å². The maximum absolute atomic E-state index is 12.9. The fourth-order valence-electron chi connectivity index (χ4n) is 4.45. The molecule has 0 spiro atoms. The Morgan fingerprint density at radius 2 is 1.67 bits per heavy atom. The number of amides is 1. The van der Waals surface area contributed by atoms with Crippen LogP contribution in [0.2, 0.25) is 0 Å². The minimum Gasteiger partial charge on any atom is -0.377 e. The molecule has 2 aliphatic heterocycles. The summed E-state index contributed by atoms with van der Waals surface area (Å²) in [6, 6.07) is 8.99. The van der Waals surface area contributed by atoms with Crippen molar-refractivity contribution in [1.29, 1.82) is 0 Å². The van der Waals surface area contributed by atoms with Crippen molar-refractivity contribution in [2.75, 3.05) is 13.2 Å². The normalized spacial score (nSPS) is 32.9. The Morgan fingerprint density at radius 3 is 2.33 bits per heavy atom. The van der Waals surface area contributed by atoms with E-state index < -0.39 is 15.1 Å². The standard InChI is InChI=1S/C18H23NO4S/c20-18(19-14-7-8-15(19)12-23-11-14)13-6-9-17(10-13)24(21,22)16-4-2-1-3-5-16/h1-5,13-15,17H,6-12H2/t13-,14-,15+,17-/m1/s1. The smallest absolute Gasteiger partial charge is 0.226 e. The number of benzene rings is 1. The van der Waals surface area contributed by atoms with Crippen molar-refractivity contribution < 1.29 is 17.9 Å². The van der Waals surface area contributed by atoms with E-state index in [1.54, 1.807) is 24.3 Å². The molecular formula is C18H23NO4S. The zero-order valence-electron chi connectivity index (χ0n) is 13.6. The van der Waals surface area contributed by atoms with Gasteiger partial charge >= 0.3 is 0 Å². The summed E-state index contributed by atoms with van der Waals surface area (Å²) in [5.74, 6) is -0.00810. The Hall–Kier alpha value is -1.40. The molecule has 24 heavy (non-hydrogen) atoms. The molecular weight excluding hydrogens is 326 g/mol. The lowest BCUT2D eigenvalue weighted by Gasteiger charge is -2.36. The Kier molecular flexibility index (Phi) is 4.12. The van der Waals surface area contributed by atoms with E-state index in [1.807, 2.05) is 11.0 Å². The third-order valence-electron chi connectivity index (χ3n) is 5.74. The van der Waals surface area contributed by atoms with Gasteiger partial charge in [0, 0.05) is 5.92 Å². The molecule has 4 atom stereocenters. The van der Waals surface area contributed by atoms with Crippen molar-refractivity contribution in [2.45, 2.75) is 54.3 Å². The molecule has 5 nitrogen and oxygen atoms in total. The van der Waals surface area contributed by atoms with Crippen molar-refractivity contribution in [3.8, 4) is 0 Å². The number of ether oxygens (including phenoxy) is 1. The molecule has 3 fully saturated rings. The van der Waals surface area contributed by atoms with E-state index in [1.165, 1.54) is 0 Å². The van der Waals surface area contributed by atoms with Crippen molar-refractivity contribution in [2.24, 2.45) is 5.92 Å². The molecule has 1 aromatic rings. The van der Waals surface area contributed by atoms with Gasteiger partial charge in [-0.3, -0.25) is 4.79 Å². The maximum Gasteiger partial charge on any atom is 0.226 e. The molecule has 1 aliphatic carbocycles. The lowest BCUT2D eigenvalue weighted by atomic mass is 10.1. The number of nitrogens with zero attached hydrogens (tertiary/aromatic N) is 1. The van der Waals surface area contributed by atoms with Gasteiger partial charge < -0.3 is 9.64 Å². The summed E-state index contributed by atoms with van der Waals surface area (Å²) in [6.45, 7) is 1.25. The van der Waals surface area contributed by atoms with Gasteiger partial charge in [0.05, 0.1) is 35.4 Å². The number of hydrogen-bond donors (Lipinski definition) is 0. The van der Waals surface area contributed by atoms with Gasteiger partial charge in [-0.2, -0.15) is 0 Å². The number of morpholine rings is 1. The van der Waals surface area contributed by atoms with E-state index in [2.05, 4.69) is 0 Å². The lowest BCUT2D eigenvalue weighted by molar-refractivity contribution is -0.145. The third kappa shape index (κ3) is 2.65. The molecule has 2 bridgehead atoms. The minimum atomic E-state index is -3.34. The number of hydrogen-bond acceptors (Lipinski definition) is 4. The summed E-state index contributed by atoms with van der Waals surface area (Å²) in [6.07, 6.45) is 3.72. The van der Waals surface area contributed by atoms with Crippen LogP contribution in [0.1, 0.15) is 32.1 Å². The molecule has 0 N–H and O–H groups in total. The van der Waals surface area contributed by atoms with Crippen LogP contribution in [0.15, 0.2) is 35.2 Å². The number of sulfone groups is 1. The summed E-state index contributed by atoms with van der Waals surface area (Å²) >= 11 is 0. The highest BCUT2D eigenvalue weighted by Gasteiger charge is 2.45. The number of rotatable bonds is 3. The van der Waals surface area contributed by atoms with Crippen molar-refractivity contribution >= 4 is 15.7 Å². The predicted molar refractivity (Wildman–Crippen MR) is 89.2 cm³/mol. The average Bonchev–Trinajstić information content (AvgIpc) is 3.19. The van der Waals surface area contributed by atoms with Gasteiger partial charge in [-0.25, -0.2) is 8.42 Å². The second kappa shape index (κ2) is 6.15. The molecule has 1 saturated carbocycles. The summed E-state index contributed by atoms with van der Waals surface area (Å²) in [5, 5.41) is -0.437. The first kappa shape index (κ1) is 16.1. The van der Waals surface area contributed by atoms with E-state index in [-0.39, 0.29) is 23.9 Å². The van der Waals surface area contributed by atoms with Gasteiger partial charge in [-0.05, 0) is 44.2 Å². The fraction of sp³-hybridized carbons (Fsp3) is 0.611. The van der Waals surface area contributed by atoms with E-state index in [0.29, 0.717) is 37.4 Å². The fourth-order valence-corrected chi connectivity index (χ4v) is 6.30. The summed E-state index contributed by atoms with van der Waals surface area (Å²) < 4.78 is 31.1. The molecule has 130 valence electrons. The molecule has 0 unspecified atom stereocenters. The zero-order valence-corrected chi connectivity index (χ0v) is 14.5. The first-order valence-corrected chi connectivity index (χ1v) is 10.3. The molecule has 0 aromatic heterocycles. The number of carbonyl (C=O) groups is 1. The molecule has 2 saturated heterocycles. The van der Waals surface area contributed by atoms with Crippen LogP contribution in [0.4, 0.5) is 0 Å². The first-order valence-electron chi connectivity index (χ1n) is 8.76. The lowest BCUT2D eigenvalue weighted by Crippen LogP contribution is -2.51. The molecule has 6 heteroatoms. The van der Waals surface area contributed by atoms with Gasteiger partial charge in [-0.1, -0.05) is 18.2 Å². The molecule has 1 amide bonds. The maximum atomic E-state index is 12.9. The van der Waals surface area contributed by atoms with Gasteiger partial charge in [0.2, 0.25) is 5.91 Å². The topological polar surface area (TPSA) is 63.7 Å². The van der Waals surface area contributed by atoms with Crippen molar-refractivity contribution in [3.63, 3.8) is 0 Å². The Morgan fingerprint density at radius 1 is 1.00 bits per heavy atom. The molecule has 1 aromatic carbocycles.